The fourth-order valence-electron chi connectivity index (χ4n) is 5.03. The standard InChI is InChI=1S/2C12H22O11/c2*13-1-5-6(16)7(17)8(18)11(22-5)23-9-4(15)2-21-12(20,3-14)10(9)19/h2*4-11,13-20H,1-3H2/t4-,5-,6+,7+,8-,9-,10+,11+,12?;4-,5-,6-,7+,8-,9-,10+,11+,12?/m11/s1. The van der Waals surface area contributed by atoms with Crippen LogP contribution >= 0.6 is 0 Å². The highest BCUT2D eigenvalue weighted by molar-refractivity contribution is 4.96. The molecule has 0 aromatic carbocycles. The number of hydrogen-bond donors (Lipinski definition) is 16. The number of ether oxygens (including phenoxy) is 6. The van der Waals surface area contributed by atoms with Crippen LogP contribution in [-0.2, 0) is 28.4 Å². The Morgan fingerprint density at radius 1 is 0.500 bits per heavy atom. The molecule has 0 spiro atoms. The molecule has 0 saturated carbocycles. The maximum absolute atomic E-state index is 10.00. The van der Waals surface area contributed by atoms with E-state index in [-0.39, 0.29) is 0 Å². The molecule has 22 heteroatoms. The van der Waals surface area contributed by atoms with Crippen molar-refractivity contribution in [1.29, 1.82) is 0 Å². The fourth-order valence-corrected chi connectivity index (χ4v) is 5.03. The lowest BCUT2D eigenvalue weighted by Crippen LogP contribution is -2.66. The smallest absolute Gasteiger partial charge is 0.218 e. The molecule has 16 N–H and O–H groups in total. The summed E-state index contributed by atoms with van der Waals surface area (Å²) in [4.78, 5) is 0. The Balaban J connectivity index is 0.000000250. The molecule has 4 fully saturated rings. The van der Waals surface area contributed by atoms with Crippen LogP contribution in [0.15, 0.2) is 0 Å². The SMILES string of the molecule is OC[C@H]1O[C@@H](O[C@@H]2[C@H](O)COC(O)(CO)[C@H]2O)[C@H](O)[C@@H](O)[C@@H]1O.OC[C@H]1O[C@@H](O[C@@H]2[C@H](O)COC(O)(CO)[C@H]2O)[C@H](O)[C@@H](O)[C@H]1O. The summed E-state index contributed by atoms with van der Waals surface area (Å²) in [5.74, 6) is -4.75. The van der Waals surface area contributed by atoms with E-state index in [1.54, 1.807) is 0 Å². The molecule has 0 aromatic heterocycles. The highest BCUT2D eigenvalue weighted by Gasteiger charge is 2.54. The number of aliphatic hydroxyl groups excluding tert-OH is 14. The molecule has 272 valence electrons. The van der Waals surface area contributed by atoms with Gasteiger partial charge in [-0.05, 0) is 0 Å². The summed E-state index contributed by atoms with van der Waals surface area (Å²) in [6.45, 7) is -4.26. The first-order chi connectivity index (χ1) is 21.5. The maximum Gasteiger partial charge on any atom is 0.218 e. The van der Waals surface area contributed by atoms with Crippen LogP contribution < -0.4 is 0 Å². The van der Waals surface area contributed by atoms with Gasteiger partial charge in [0.2, 0.25) is 11.6 Å². The third-order valence-electron chi connectivity index (χ3n) is 8.05. The molecule has 18 atom stereocenters. The zero-order valence-corrected chi connectivity index (χ0v) is 24.1. The van der Waals surface area contributed by atoms with Gasteiger partial charge >= 0.3 is 0 Å². The summed E-state index contributed by atoms with van der Waals surface area (Å²) in [6.07, 6.45) is -25.4. The van der Waals surface area contributed by atoms with Crippen molar-refractivity contribution in [2.45, 2.75) is 110 Å². The zero-order valence-electron chi connectivity index (χ0n) is 24.1. The molecular weight excluding hydrogens is 640 g/mol. The second-order valence-electron chi connectivity index (χ2n) is 11.2. The third-order valence-corrected chi connectivity index (χ3v) is 8.05. The fraction of sp³-hybridized carbons (Fsp3) is 1.00. The van der Waals surface area contributed by atoms with Crippen LogP contribution in [0.5, 0.6) is 0 Å². The van der Waals surface area contributed by atoms with Crippen molar-refractivity contribution in [2.24, 2.45) is 0 Å². The van der Waals surface area contributed by atoms with Crippen LogP contribution in [0.2, 0.25) is 0 Å². The molecule has 0 radical (unpaired) electrons. The van der Waals surface area contributed by atoms with Crippen molar-refractivity contribution in [3.63, 3.8) is 0 Å². The topological polar surface area (TPSA) is 379 Å². The molecule has 2 unspecified atom stereocenters. The van der Waals surface area contributed by atoms with Gasteiger partial charge in [0.05, 0.1) is 39.6 Å². The van der Waals surface area contributed by atoms with Gasteiger partial charge < -0.3 is 110 Å². The Morgan fingerprint density at radius 2 is 0.826 bits per heavy atom. The average molecular weight is 685 g/mol. The summed E-state index contributed by atoms with van der Waals surface area (Å²) in [5.41, 5.74) is 0. The summed E-state index contributed by atoms with van der Waals surface area (Å²) < 4.78 is 30.1. The van der Waals surface area contributed by atoms with Gasteiger partial charge in [0.25, 0.3) is 0 Å². The highest BCUT2D eigenvalue weighted by Crippen LogP contribution is 2.31. The van der Waals surface area contributed by atoms with Crippen molar-refractivity contribution in [2.75, 3.05) is 39.6 Å². The molecule has 4 saturated heterocycles. The van der Waals surface area contributed by atoms with E-state index in [1.807, 2.05) is 0 Å². The largest absolute Gasteiger partial charge is 0.394 e. The molecule has 4 aliphatic heterocycles. The average Bonchev–Trinajstić information content (AvgIpc) is 3.05. The van der Waals surface area contributed by atoms with Crippen LogP contribution in [0, 0.1) is 0 Å². The molecule has 0 bridgehead atoms. The first-order valence-corrected chi connectivity index (χ1v) is 14.1. The molecule has 46 heavy (non-hydrogen) atoms. The van der Waals surface area contributed by atoms with Gasteiger partial charge in [0, 0.05) is 0 Å². The maximum atomic E-state index is 10.00. The van der Waals surface area contributed by atoms with E-state index in [2.05, 4.69) is 0 Å². The predicted octanol–water partition coefficient (Wildman–Crippen LogP) is -10.8. The van der Waals surface area contributed by atoms with Crippen molar-refractivity contribution >= 4 is 0 Å². The van der Waals surface area contributed by atoms with Crippen molar-refractivity contribution in [3.8, 4) is 0 Å². The van der Waals surface area contributed by atoms with Gasteiger partial charge in [-0.25, -0.2) is 0 Å². The lowest BCUT2D eigenvalue weighted by Gasteiger charge is -2.46. The monoisotopic (exact) mass is 684 g/mol. The third kappa shape index (κ3) is 8.11. The first-order valence-electron chi connectivity index (χ1n) is 14.1. The predicted molar refractivity (Wildman–Crippen MR) is 137 cm³/mol. The number of aliphatic hydroxyl groups is 16. The zero-order chi connectivity index (χ0) is 34.7. The van der Waals surface area contributed by atoms with Crippen LogP contribution in [0.3, 0.4) is 0 Å². The molecule has 0 aliphatic carbocycles. The quantitative estimate of drug-likeness (QED) is 0.113. The minimum absolute atomic E-state index is 0.476. The van der Waals surface area contributed by atoms with Crippen LogP contribution in [0.1, 0.15) is 0 Å². The summed E-state index contributed by atoms with van der Waals surface area (Å²) in [5, 5.41) is 154. The lowest BCUT2D eigenvalue weighted by molar-refractivity contribution is -0.373. The van der Waals surface area contributed by atoms with Gasteiger partial charge in [0.15, 0.2) is 12.6 Å². The van der Waals surface area contributed by atoms with Gasteiger partial charge in [-0.1, -0.05) is 0 Å². The Hall–Kier alpha value is -0.880. The van der Waals surface area contributed by atoms with E-state index < -0.39 is 149 Å². The Morgan fingerprint density at radius 3 is 1.11 bits per heavy atom. The van der Waals surface area contributed by atoms with Crippen LogP contribution in [0.25, 0.3) is 0 Å². The summed E-state index contributed by atoms with van der Waals surface area (Å²) in [7, 11) is 0. The molecule has 22 nitrogen and oxygen atoms in total. The first kappa shape index (κ1) is 39.6. The summed E-state index contributed by atoms with van der Waals surface area (Å²) >= 11 is 0. The van der Waals surface area contributed by atoms with E-state index in [0.717, 1.165) is 0 Å². The van der Waals surface area contributed by atoms with E-state index in [4.69, 9.17) is 48.8 Å². The van der Waals surface area contributed by atoms with Gasteiger partial charge in [-0.2, -0.15) is 0 Å². The van der Waals surface area contributed by atoms with Gasteiger partial charge in [0.1, 0.15) is 85.5 Å². The minimum atomic E-state index is -2.38. The molecule has 4 heterocycles. The Kier molecular flexibility index (Phi) is 13.9. The Bertz CT molecular complexity index is 858. The minimum Gasteiger partial charge on any atom is -0.394 e. The van der Waals surface area contributed by atoms with Crippen LogP contribution in [-0.4, -0.2) is 231 Å². The number of rotatable bonds is 8. The van der Waals surface area contributed by atoms with Crippen molar-refractivity contribution in [3.05, 3.63) is 0 Å². The Labute approximate surface area is 260 Å². The molecule has 4 aliphatic rings. The van der Waals surface area contributed by atoms with Crippen molar-refractivity contribution in [1.82, 2.24) is 0 Å². The van der Waals surface area contributed by atoms with Gasteiger partial charge in [-0.15, -0.1) is 0 Å². The van der Waals surface area contributed by atoms with E-state index in [1.165, 1.54) is 0 Å². The second-order valence-corrected chi connectivity index (χ2v) is 11.2. The summed E-state index contributed by atoms with van der Waals surface area (Å²) in [6, 6.07) is 0. The normalized spacial score (nSPS) is 51.7. The lowest BCUT2D eigenvalue weighted by atomic mass is 9.96. The van der Waals surface area contributed by atoms with Gasteiger partial charge in [-0.3, -0.25) is 0 Å². The van der Waals surface area contributed by atoms with E-state index >= 15 is 0 Å². The van der Waals surface area contributed by atoms with E-state index in [9.17, 15) is 61.3 Å². The highest BCUT2D eigenvalue weighted by atomic mass is 16.7. The van der Waals surface area contributed by atoms with Crippen LogP contribution in [0.4, 0.5) is 0 Å². The van der Waals surface area contributed by atoms with Crippen molar-refractivity contribution < 1.29 is 110 Å². The molecular formula is C24H44O22. The molecule has 0 aromatic rings. The molecule has 0 amide bonds. The second kappa shape index (κ2) is 16.2. The van der Waals surface area contributed by atoms with E-state index in [0.29, 0.717) is 0 Å². The number of hydrogen-bond acceptors (Lipinski definition) is 22. The molecule has 4 rings (SSSR count).